The summed E-state index contributed by atoms with van der Waals surface area (Å²) in [5, 5.41) is 17.7. The fourth-order valence-corrected chi connectivity index (χ4v) is 2.44. The number of sulfone groups is 1. The van der Waals surface area contributed by atoms with Crippen molar-refractivity contribution >= 4 is 22.4 Å². The van der Waals surface area contributed by atoms with Gasteiger partial charge in [-0.25, -0.2) is 8.42 Å². The number of rotatable bonds is 4. The molecule has 0 spiro atoms. The highest BCUT2D eigenvalue weighted by Crippen LogP contribution is 2.08. The van der Waals surface area contributed by atoms with E-state index in [0.717, 1.165) is 0 Å². The number of hydrogen-bond donors (Lipinski definition) is 2. The molecule has 15 heavy (non-hydrogen) atoms. The predicted octanol–water partition coefficient (Wildman–Crippen LogP) is -1.05. The molecule has 0 aliphatic carbocycles. The van der Waals surface area contributed by atoms with Gasteiger partial charge in [0.05, 0.1) is 10.6 Å². The van der Waals surface area contributed by atoms with Crippen molar-refractivity contribution in [3.05, 3.63) is 18.5 Å². The average molecular weight is 229 g/mol. The molecular formula is C8H12BNO4S. The van der Waals surface area contributed by atoms with Crippen molar-refractivity contribution in [3.8, 4) is 0 Å². The number of hydrogen-bond acceptors (Lipinski definition) is 5. The summed E-state index contributed by atoms with van der Waals surface area (Å²) in [7, 11) is -5.05. The summed E-state index contributed by atoms with van der Waals surface area (Å²) in [4.78, 5) is 3.68. The van der Waals surface area contributed by atoms with Crippen LogP contribution in [0.4, 0.5) is 0 Å². The third-order valence-electron chi connectivity index (χ3n) is 1.86. The number of aromatic nitrogens is 1. The molecular weight excluding hydrogens is 217 g/mol. The first-order valence-corrected chi connectivity index (χ1v) is 6.16. The Bertz CT molecular complexity index is 432. The summed E-state index contributed by atoms with van der Waals surface area (Å²) in [6.45, 7) is 1.76. The third kappa shape index (κ3) is 3.02. The van der Waals surface area contributed by atoms with Crippen molar-refractivity contribution in [1.82, 2.24) is 4.98 Å². The summed E-state index contributed by atoms with van der Waals surface area (Å²) in [5.41, 5.74) is 0.0761. The van der Waals surface area contributed by atoms with Crippen molar-refractivity contribution in [2.24, 2.45) is 0 Å². The lowest BCUT2D eigenvalue weighted by atomic mass is 9.82. The lowest BCUT2D eigenvalue weighted by Gasteiger charge is -2.04. The highest BCUT2D eigenvalue weighted by atomic mass is 32.2. The first kappa shape index (κ1) is 12.2. The van der Waals surface area contributed by atoms with Crippen LogP contribution in [0.2, 0.25) is 0 Å². The van der Waals surface area contributed by atoms with Gasteiger partial charge in [0.1, 0.15) is 0 Å². The molecule has 0 aromatic carbocycles. The van der Waals surface area contributed by atoms with E-state index in [-0.39, 0.29) is 16.1 Å². The maximum atomic E-state index is 11.6. The van der Waals surface area contributed by atoms with Gasteiger partial charge in [0.25, 0.3) is 0 Å². The van der Waals surface area contributed by atoms with Gasteiger partial charge in [-0.1, -0.05) is 6.92 Å². The van der Waals surface area contributed by atoms with E-state index in [9.17, 15) is 8.42 Å². The van der Waals surface area contributed by atoms with Crippen LogP contribution in [-0.2, 0) is 9.84 Å². The maximum Gasteiger partial charge on any atom is 0.490 e. The summed E-state index contributed by atoms with van der Waals surface area (Å²) in [6.07, 6.45) is 2.93. The minimum Gasteiger partial charge on any atom is -0.423 e. The lowest BCUT2D eigenvalue weighted by Crippen LogP contribution is -2.30. The van der Waals surface area contributed by atoms with E-state index in [0.29, 0.717) is 6.42 Å². The molecule has 2 N–H and O–H groups in total. The second-order valence-corrected chi connectivity index (χ2v) is 5.26. The first-order chi connectivity index (χ1) is 6.97. The summed E-state index contributed by atoms with van der Waals surface area (Å²) in [5.74, 6) is 0.0274. The molecule has 7 heteroatoms. The molecule has 0 saturated heterocycles. The highest BCUT2D eigenvalue weighted by molar-refractivity contribution is 7.91. The SMILES string of the molecule is CCCS(=O)(=O)c1cncc(B(O)O)c1. The molecule has 1 aromatic rings. The van der Waals surface area contributed by atoms with E-state index in [2.05, 4.69) is 4.98 Å². The Morgan fingerprint density at radius 2 is 2.07 bits per heavy atom. The average Bonchev–Trinajstić information content (AvgIpc) is 2.18. The molecule has 0 amide bonds. The quantitative estimate of drug-likeness (QED) is 0.643. The monoisotopic (exact) mass is 229 g/mol. The standard InChI is InChI=1S/C8H12BNO4S/c1-2-3-15(13,14)8-4-7(9(11)12)5-10-6-8/h4-6,11-12H,2-3H2,1H3. The van der Waals surface area contributed by atoms with Gasteiger partial charge in [-0.2, -0.15) is 0 Å². The van der Waals surface area contributed by atoms with Crippen LogP contribution >= 0.6 is 0 Å². The normalized spacial score (nSPS) is 11.4. The Morgan fingerprint density at radius 1 is 1.40 bits per heavy atom. The maximum absolute atomic E-state index is 11.6. The molecule has 0 radical (unpaired) electrons. The predicted molar refractivity (Wildman–Crippen MR) is 56.4 cm³/mol. The zero-order valence-corrected chi connectivity index (χ0v) is 9.11. The van der Waals surface area contributed by atoms with Crippen LogP contribution in [-0.4, -0.2) is 36.3 Å². The van der Waals surface area contributed by atoms with Crippen molar-refractivity contribution in [1.29, 1.82) is 0 Å². The summed E-state index contributed by atoms with van der Waals surface area (Å²) >= 11 is 0. The third-order valence-corrected chi connectivity index (χ3v) is 3.75. The van der Waals surface area contributed by atoms with Crippen LogP contribution in [0.3, 0.4) is 0 Å². The van der Waals surface area contributed by atoms with Crippen molar-refractivity contribution in [3.63, 3.8) is 0 Å². The Labute approximate surface area is 88.9 Å². The van der Waals surface area contributed by atoms with E-state index in [1.165, 1.54) is 18.5 Å². The van der Waals surface area contributed by atoms with Gasteiger partial charge in [0, 0.05) is 17.9 Å². The van der Waals surface area contributed by atoms with Gasteiger partial charge in [-0.3, -0.25) is 4.98 Å². The highest BCUT2D eigenvalue weighted by Gasteiger charge is 2.18. The Hall–Kier alpha value is -0.915. The molecule has 0 saturated carbocycles. The molecule has 1 rings (SSSR count). The zero-order valence-electron chi connectivity index (χ0n) is 8.29. The Balaban J connectivity index is 3.11. The molecule has 0 unspecified atom stereocenters. The molecule has 0 aliphatic rings. The Kier molecular flexibility index (Phi) is 3.84. The number of nitrogens with zero attached hydrogens (tertiary/aromatic N) is 1. The Morgan fingerprint density at radius 3 is 2.60 bits per heavy atom. The molecule has 82 valence electrons. The molecule has 1 aromatic heterocycles. The second-order valence-electron chi connectivity index (χ2n) is 3.15. The van der Waals surface area contributed by atoms with Crippen LogP contribution < -0.4 is 5.46 Å². The minimum absolute atomic E-state index is 0.0231. The summed E-state index contributed by atoms with van der Waals surface area (Å²) in [6, 6.07) is 1.22. The van der Waals surface area contributed by atoms with Gasteiger partial charge in [0.15, 0.2) is 9.84 Å². The van der Waals surface area contributed by atoms with E-state index < -0.39 is 17.0 Å². The van der Waals surface area contributed by atoms with Gasteiger partial charge in [-0.15, -0.1) is 0 Å². The van der Waals surface area contributed by atoms with Crippen LogP contribution in [0.25, 0.3) is 0 Å². The molecule has 0 aliphatic heterocycles. The van der Waals surface area contributed by atoms with E-state index in [1.54, 1.807) is 6.92 Å². The first-order valence-electron chi connectivity index (χ1n) is 4.51. The van der Waals surface area contributed by atoms with Crippen molar-refractivity contribution in [2.75, 3.05) is 5.75 Å². The van der Waals surface area contributed by atoms with Crippen molar-refractivity contribution < 1.29 is 18.5 Å². The molecule has 0 atom stereocenters. The minimum atomic E-state index is -3.35. The van der Waals surface area contributed by atoms with Gasteiger partial charge < -0.3 is 10.0 Å². The topological polar surface area (TPSA) is 87.5 Å². The smallest absolute Gasteiger partial charge is 0.423 e. The number of pyridine rings is 1. The lowest BCUT2D eigenvalue weighted by molar-refractivity contribution is 0.425. The van der Waals surface area contributed by atoms with Crippen LogP contribution in [0, 0.1) is 0 Å². The molecule has 5 nitrogen and oxygen atoms in total. The fourth-order valence-electron chi connectivity index (χ4n) is 1.13. The van der Waals surface area contributed by atoms with Crippen molar-refractivity contribution in [2.45, 2.75) is 18.2 Å². The second kappa shape index (κ2) is 4.74. The largest absolute Gasteiger partial charge is 0.490 e. The van der Waals surface area contributed by atoms with E-state index in [1.807, 2.05) is 0 Å². The van der Waals surface area contributed by atoms with Gasteiger partial charge in [0.2, 0.25) is 0 Å². The fraction of sp³-hybridized carbons (Fsp3) is 0.375. The van der Waals surface area contributed by atoms with Crippen LogP contribution in [0.5, 0.6) is 0 Å². The van der Waals surface area contributed by atoms with Gasteiger partial charge in [-0.05, 0) is 12.5 Å². The van der Waals surface area contributed by atoms with Crippen LogP contribution in [0.1, 0.15) is 13.3 Å². The van der Waals surface area contributed by atoms with E-state index >= 15 is 0 Å². The molecule has 0 bridgehead atoms. The van der Waals surface area contributed by atoms with Gasteiger partial charge >= 0.3 is 7.12 Å². The van der Waals surface area contributed by atoms with Crippen LogP contribution in [0.15, 0.2) is 23.4 Å². The summed E-state index contributed by atoms with van der Waals surface area (Å²) < 4.78 is 23.2. The zero-order chi connectivity index (χ0) is 11.5. The molecule has 0 fully saturated rings. The van der Waals surface area contributed by atoms with E-state index in [4.69, 9.17) is 10.0 Å². The molecule has 1 heterocycles.